The molecule has 5 nitrogen and oxygen atoms in total. The topological polar surface area (TPSA) is 71.5 Å². The minimum atomic E-state index is -4.52. The van der Waals surface area contributed by atoms with Crippen molar-refractivity contribution in [3.63, 3.8) is 0 Å². The standard InChI is InChI=1S/C20H18ClF3N2O3S.C6H14.2C4H10/c1-3-4-29-9-11-6-12(20(22,23)24)7-15-16(11)25-19(30-15)26-18(28)14-8-13(21)5-10(2)17(14)27;1-3-5-6-4-2;1-4(2)3;1-3-4-2/h5-8,27H,3-4,9H2,1-2H3,(H,25,26,28);3-6H2,1-2H3;4H,1-3H3;3-4H2,1-2H3. The highest BCUT2D eigenvalue weighted by molar-refractivity contribution is 7.22. The number of fused-ring (bicyclic) bond motifs is 1. The van der Waals surface area contributed by atoms with Crippen LogP contribution in [0.1, 0.15) is 127 Å². The number of phenolic OH excluding ortho intramolecular Hbond substituents is 1. The number of carbonyl (C=O) groups is 1. The lowest BCUT2D eigenvalue weighted by Gasteiger charge is -2.10. The molecule has 2 N–H and O–H groups in total. The third-order valence-electron chi connectivity index (χ3n) is 5.69. The zero-order valence-electron chi connectivity index (χ0n) is 27.9. The summed E-state index contributed by atoms with van der Waals surface area (Å²) in [6.45, 7) is 19.2. The predicted octanol–water partition coefficient (Wildman–Crippen LogP) is 12.2. The number of nitrogens with one attached hydrogen (secondary N) is 1. The van der Waals surface area contributed by atoms with Gasteiger partial charge in [-0.1, -0.05) is 117 Å². The number of hydrogen-bond acceptors (Lipinski definition) is 5. The first-order chi connectivity index (χ1) is 20.7. The molecule has 3 rings (SSSR count). The predicted molar refractivity (Wildman–Crippen MR) is 181 cm³/mol. The first kappa shape index (κ1) is 41.6. The number of thiazole rings is 1. The third-order valence-corrected chi connectivity index (χ3v) is 6.83. The van der Waals surface area contributed by atoms with E-state index in [2.05, 4.69) is 58.8 Å². The van der Waals surface area contributed by atoms with Crippen LogP contribution in [-0.2, 0) is 17.5 Å². The fourth-order valence-electron chi connectivity index (χ4n) is 3.33. The molecular formula is C34H52ClF3N2O3S. The summed E-state index contributed by atoms with van der Waals surface area (Å²) in [6.07, 6.45) is 4.38. The zero-order chi connectivity index (χ0) is 33.9. The van der Waals surface area contributed by atoms with Gasteiger partial charge in [0.2, 0.25) is 0 Å². The lowest BCUT2D eigenvalue weighted by atomic mass is 10.1. The molecule has 0 aliphatic rings. The van der Waals surface area contributed by atoms with Gasteiger partial charge in [-0.3, -0.25) is 10.1 Å². The molecule has 10 heteroatoms. The van der Waals surface area contributed by atoms with E-state index in [0.717, 1.165) is 35.8 Å². The van der Waals surface area contributed by atoms with Crippen molar-refractivity contribution >= 4 is 44.2 Å². The van der Waals surface area contributed by atoms with Crippen molar-refractivity contribution in [3.8, 4) is 5.75 Å². The Balaban J connectivity index is 0.00000110. The Morgan fingerprint density at radius 1 is 0.977 bits per heavy atom. The van der Waals surface area contributed by atoms with Crippen LogP contribution in [0.3, 0.4) is 0 Å². The number of aromatic hydroxyl groups is 1. The number of anilines is 1. The highest BCUT2D eigenvalue weighted by atomic mass is 35.5. The number of phenols is 1. The molecule has 0 aliphatic heterocycles. The van der Waals surface area contributed by atoms with Crippen molar-refractivity contribution in [2.24, 2.45) is 5.92 Å². The largest absolute Gasteiger partial charge is 0.507 e. The summed E-state index contributed by atoms with van der Waals surface area (Å²) < 4.78 is 45.5. The van der Waals surface area contributed by atoms with Crippen LogP contribution in [0.5, 0.6) is 5.75 Å². The van der Waals surface area contributed by atoms with E-state index in [1.54, 1.807) is 6.92 Å². The number of nitrogens with zero attached hydrogens (tertiary/aromatic N) is 1. The molecule has 3 aromatic rings. The number of aromatic nitrogens is 1. The Morgan fingerprint density at radius 2 is 1.55 bits per heavy atom. The molecule has 0 unspecified atom stereocenters. The van der Waals surface area contributed by atoms with Crippen LogP contribution in [0, 0.1) is 12.8 Å². The van der Waals surface area contributed by atoms with Gasteiger partial charge in [0, 0.05) is 17.2 Å². The lowest BCUT2D eigenvalue weighted by molar-refractivity contribution is -0.137. The Hall–Kier alpha value is -2.36. The van der Waals surface area contributed by atoms with E-state index < -0.39 is 17.6 Å². The van der Waals surface area contributed by atoms with Gasteiger partial charge in [-0.2, -0.15) is 13.2 Å². The normalized spacial score (nSPS) is 10.8. The van der Waals surface area contributed by atoms with Crippen LogP contribution in [0.25, 0.3) is 10.2 Å². The first-order valence-corrected chi connectivity index (χ1v) is 16.7. The molecule has 0 aliphatic carbocycles. The number of benzene rings is 2. The molecule has 1 heterocycles. The molecule has 0 spiro atoms. The van der Waals surface area contributed by atoms with Gasteiger partial charge in [0.15, 0.2) is 5.13 Å². The second-order valence-corrected chi connectivity index (χ2v) is 12.5. The zero-order valence-corrected chi connectivity index (χ0v) is 29.5. The molecule has 0 atom stereocenters. The van der Waals surface area contributed by atoms with Crippen LogP contribution in [0.4, 0.5) is 18.3 Å². The molecule has 0 fully saturated rings. The van der Waals surface area contributed by atoms with Gasteiger partial charge in [0.25, 0.3) is 5.91 Å². The van der Waals surface area contributed by atoms with Gasteiger partial charge < -0.3 is 9.84 Å². The van der Waals surface area contributed by atoms with E-state index >= 15 is 0 Å². The smallest absolute Gasteiger partial charge is 0.416 e. The van der Waals surface area contributed by atoms with E-state index in [1.165, 1.54) is 50.7 Å². The highest BCUT2D eigenvalue weighted by Gasteiger charge is 2.32. The molecule has 250 valence electrons. The molecule has 2 aromatic carbocycles. The average Bonchev–Trinajstić information content (AvgIpc) is 3.36. The summed E-state index contributed by atoms with van der Waals surface area (Å²) >= 11 is 6.86. The quantitative estimate of drug-likeness (QED) is 0.212. The highest BCUT2D eigenvalue weighted by Crippen LogP contribution is 2.37. The number of halogens is 4. The van der Waals surface area contributed by atoms with Crippen molar-refractivity contribution in [1.82, 2.24) is 4.98 Å². The van der Waals surface area contributed by atoms with Gasteiger partial charge in [0.05, 0.1) is 28.0 Å². The summed E-state index contributed by atoms with van der Waals surface area (Å²) in [5, 5.41) is 13.0. The fraction of sp³-hybridized carbons (Fsp3) is 0.588. The second-order valence-electron chi connectivity index (χ2n) is 11.1. The maximum Gasteiger partial charge on any atom is 0.416 e. The van der Waals surface area contributed by atoms with Crippen molar-refractivity contribution in [3.05, 3.63) is 51.5 Å². The number of ether oxygens (including phenoxy) is 1. The third kappa shape index (κ3) is 16.1. The molecule has 0 saturated heterocycles. The Bertz CT molecular complexity index is 1240. The number of amides is 1. The Kier molecular flexibility index (Phi) is 21.0. The number of rotatable bonds is 10. The number of carbonyl (C=O) groups excluding carboxylic acids is 1. The van der Waals surface area contributed by atoms with Gasteiger partial charge in [0.1, 0.15) is 5.75 Å². The molecule has 0 radical (unpaired) electrons. The van der Waals surface area contributed by atoms with Gasteiger partial charge >= 0.3 is 6.18 Å². The van der Waals surface area contributed by atoms with Crippen LogP contribution < -0.4 is 5.32 Å². The maximum absolute atomic E-state index is 13.3. The number of alkyl halides is 3. The van der Waals surface area contributed by atoms with E-state index in [1.807, 2.05) is 6.92 Å². The summed E-state index contributed by atoms with van der Waals surface area (Å²) in [7, 11) is 0. The minimum Gasteiger partial charge on any atom is -0.507 e. The molecule has 1 aromatic heterocycles. The summed E-state index contributed by atoms with van der Waals surface area (Å²) in [5.74, 6) is -0.0667. The van der Waals surface area contributed by atoms with E-state index in [-0.39, 0.29) is 38.3 Å². The maximum atomic E-state index is 13.3. The van der Waals surface area contributed by atoms with Crippen LogP contribution in [0.15, 0.2) is 24.3 Å². The monoisotopic (exact) mass is 660 g/mol. The van der Waals surface area contributed by atoms with Gasteiger partial charge in [-0.25, -0.2) is 4.98 Å². The SMILES string of the molecule is CC(C)C.CCCC.CCCCCC.CCCOCc1cc(C(F)(F)F)cc2sc(NC(=O)c3cc(Cl)cc(C)c3O)nc12. The molecule has 1 amide bonds. The van der Waals surface area contributed by atoms with Crippen LogP contribution in [-0.4, -0.2) is 22.6 Å². The van der Waals surface area contributed by atoms with Gasteiger partial charge in [-0.15, -0.1) is 0 Å². The number of hydrogen-bond donors (Lipinski definition) is 2. The van der Waals surface area contributed by atoms with Gasteiger partial charge in [-0.05, 0) is 49.1 Å². The molecular weight excluding hydrogens is 609 g/mol. The fourth-order valence-corrected chi connectivity index (χ4v) is 4.55. The molecule has 44 heavy (non-hydrogen) atoms. The summed E-state index contributed by atoms with van der Waals surface area (Å²) in [6, 6.07) is 4.81. The van der Waals surface area contributed by atoms with E-state index in [4.69, 9.17) is 16.3 Å². The molecule has 0 bridgehead atoms. The lowest BCUT2D eigenvalue weighted by Crippen LogP contribution is -2.12. The van der Waals surface area contributed by atoms with E-state index in [9.17, 15) is 23.1 Å². The van der Waals surface area contributed by atoms with Crippen molar-refractivity contribution in [2.45, 2.75) is 120 Å². The van der Waals surface area contributed by atoms with Crippen LogP contribution in [0.2, 0.25) is 5.02 Å². The Labute approximate surface area is 271 Å². The first-order valence-electron chi connectivity index (χ1n) is 15.5. The summed E-state index contributed by atoms with van der Waals surface area (Å²) in [4.78, 5) is 16.8. The number of unbranched alkanes of at least 4 members (excludes halogenated alkanes) is 4. The van der Waals surface area contributed by atoms with Crippen molar-refractivity contribution in [1.29, 1.82) is 0 Å². The van der Waals surface area contributed by atoms with Crippen molar-refractivity contribution < 1.29 is 27.8 Å². The second kappa shape index (κ2) is 22.2. The van der Waals surface area contributed by atoms with Crippen LogP contribution >= 0.6 is 22.9 Å². The summed E-state index contributed by atoms with van der Waals surface area (Å²) in [5.41, 5.74) is 0.163. The van der Waals surface area contributed by atoms with E-state index in [0.29, 0.717) is 17.7 Å². The Morgan fingerprint density at radius 3 is 2.02 bits per heavy atom. The van der Waals surface area contributed by atoms with Crippen molar-refractivity contribution in [2.75, 3.05) is 11.9 Å². The number of aryl methyl sites for hydroxylation is 1. The molecule has 0 saturated carbocycles. The average molecular weight is 661 g/mol. The minimum absolute atomic E-state index is 0.0281.